The van der Waals surface area contributed by atoms with Crippen LogP contribution in [0, 0.1) is 0 Å². The molecule has 0 bridgehead atoms. The molecule has 4 aliphatic heterocycles. The first-order valence-corrected chi connectivity index (χ1v) is 18.5. The molecule has 3 aromatic carbocycles. The number of thiocarbonyl (C=S) groups is 2. The maximum Gasteiger partial charge on any atom is 0.175 e. The molecular weight excluding hydrogens is 689 g/mol. The van der Waals surface area contributed by atoms with Crippen molar-refractivity contribution >= 4 is 68.7 Å². The number of nitrogens with zero attached hydrogens (tertiary/aromatic N) is 8. The number of rotatable bonds is 6. The van der Waals surface area contributed by atoms with E-state index in [4.69, 9.17) is 29.3 Å². The molecule has 0 unspecified atom stereocenters. The third kappa shape index (κ3) is 7.19. The molecule has 266 valence electrons. The van der Waals surface area contributed by atoms with E-state index in [1.54, 1.807) is 12.4 Å². The average molecular weight is 731 g/mol. The third-order valence-corrected chi connectivity index (χ3v) is 10.9. The van der Waals surface area contributed by atoms with Crippen molar-refractivity contribution < 1.29 is 4.84 Å². The summed E-state index contributed by atoms with van der Waals surface area (Å²) in [7, 11) is 2.05. The maximum absolute atomic E-state index is 6.55. The van der Waals surface area contributed by atoms with Gasteiger partial charge in [-0.05, 0) is 54.3 Å². The lowest BCUT2D eigenvalue weighted by Crippen LogP contribution is -2.51. The van der Waals surface area contributed by atoms with Crippen molar-refractivity contribution in [3.63, 3.8) is 0 Å². The van der Waals surface area contributed by atoms with E-state index in [2.05, 4.69) is 119 Å². The van der Waals surface area contributed by atoms with E-state index in [0.717, 1.165) is 103 Å². The Morgan fingerprint density at radius 1 is 0.827 bits per heavy atom. The highest BCUT2D eigenvalue weighted by Crippen LogP contribution is 2.36. The zero-order valence-corrected chi connectivity index (χ0v) is 30.8. The molecule has 2 N–H and O–H groups in total. The summed E-state index contributed by atoms with van der Waals surface area (Å²) in [5, 5.41) is 10.4. The molecule has 52 heavy (non-hydrogen) atoms. The summed E-state index contributed by atoms with van der Waals surface area (Å²) >= 11 is 11.7. The van der Waals surface area contributed by atoms with Gasteiger partial charge in [0, 0.05) is 125 Å². The largest absolute Gasteiger partial charge is 0.380 e. The summed E-state index contributed by atoms with van der Waals surface area (Å²) in [6.07, 6.45) is 9.43. The number of aromatic nitrogens is 2. The Morgan fingerprint density at radius 2 is 1.58 bits per heavy atom. The Hall–Kier alpha value is -5.40. The van der Waals surface area contributed by atoms with Gasteiger partial charge in [-0.2, -0.15) is 0 Å². The minimum absolute atomic E-state index is 0.598. The SMILES string of the molecule is CN(/C=C1/CNc2ccccc21)C(=S)N1CCN(c2cccc(ON3C/C(=C/NC(=S)N4CCN(c5cnccn5)CC4)c4ccccc43)c2)CC1. The normalized spacial score (nSPS) is 18.3. The predicted molar refractivity (Wildman–Crippen MR) is 217 cm³/mol. The highest BCUT2D eigenvalue weighted by Gasteiger charge is 2.27. The average Bonchev–Trinajstić information content (AvgIpc) is 3.77. The summed E-state index contributed by atoms with van der Waals surface area (Å²) in [4.78, 5) is 26.4. The second-order valence-corrected chi connectivity index (χ2v) is 14.0. The van der Waals surface area contributed by atoms with Crippen LogP contribution in [0.5, 0.6) is 5.75 Å². The van der Waals surface area contributed by atoms with Crippen LogP contribution in [0.1, 0.15) is 11.1 Å². The van der Waals surface area contributed by atoms with Crippen LogP contribution in [0.4, 0.5) is 22.9 Å². The number of fused-ring (bicyclic) bond motifs is 2. The van der Waals surface area contributed by atoms with Crippen molar-refractivity contribution in [3.8, 4) is 5.75 Å². The van der Waals surface area contributed by atoms with Crippen LogP contribution in [-0.2, 0) is 0 Å². The molecule has 5 heterocycles. The van der Waals surface area contributed by atoms with Crippen molar-refractivity contribution in [2.75, 3.05) is 92.7 Å². The molecule has 2 fully saturated rings. The lowest BCUT2D eigenvalue weighted by Gasteiger charge is -2.39. The third-order valence-electron chi connectivity index (χ3n) is 9.99. The monoisotopic (exact) mass is 730 g/mol. The summed E-state index contributed by atoms with van der Waals surface area (Å²) < 4.78 is 0. The van der Waals surface area contributed by atoms with Gasteiger partial charge in [0.15, 0.2) is 16.0 Å². The summed E-state index contributed by atoms with van der Waals surface area (Å²) in [5.74, 6) is 1.70. The van der Waals surface area contributed by atoms with Gasteiger partial charge in [-0.15, -0.1) is 0 Å². The Morgan fingerprint density at radius 3 is 2.38 bits per heavy atom. The van der Waals surface area contributed by atoms with Crippen LogP contribution in [0.15, 0.2) is 104 Å². The fourth-order valence-electron chi connectivity index (χ4n) is 7.18. The Labute approximate surface area is 315 Å². The molecule has 0 atom stereocenters. The summed E-state index contributed by atoms with van der Waals surface area (Å²) in [6.45, 7) is 8.18. The Kier molecular flexibility index (Phi) is 9.77. The van der Waals surface area contributed by atoms with Gasteiger partial charge in [0.2, 0.25) is 0 Å². The number of nitrogens with one attached hydrogen (secondary N) is 2. The van der Waals surface area contributed by atoms with E-state index in [1.807, 2.05) is 29.6 Å². The van der Waals surface area contributed by atoms with Crippen LogP contribution in [0.25, 0.3) is 11.1 Å². The fourth-order valence-corrected chi connectivity index (χ4v) is 7.65. The Balaban J connectivity index is 0.859. The van der Waals surface area contributed by atoms with Crippen molar-refractivity contribution in [2.24, 2.45) is 0 Å². The van der Waals surface area contributed by atoms with E-state index < -0.39 is 0 Å². The van der Waals surface area contributed by atoms with Crippen LogP contribution in [0.2, 0.25) is 0 Å². The maximum atomic E-state index is 6.55. The molecule has 0 saturated carbocycles. The quantitative estimate of drug-likeness (QED) is 0.258. The number of hydroxylamine groups is 1. The minimum Gasteiger partial charge on any atom is -0.380 e. The molecule has 4 aliphatic rings. The second-order valence-electron chi connectivity index (χ2n) is 13.2. The molecule has 0 aliphatic carbocycles. The minimum atomic E-state index is 0.598. The zero-order valence-electron chi connectivity index (χ0n) is 29.2. The lowest BCUT2D eigenvalue weighted by atomic mass is 10.1. The van der Waals surface area contributed by atoms with Gasteiger partial charge in [0.25, 0.3) is 0 Å². The van der Waals surface area contributed by atoms with Gasteiger partial charge >= 0.3 is 0 Å². The summed E-state index contributed by atoms with van der Waals surface area (Å²) in [5.41, 5.74) is 8.09. The lowest BCUT2D eigenvalue weighted by molar-refractivity contribution is 0.296. The molecule has 0 spiro atoms. The van der Waals surface area contributed by atoms with E-state index in [-0.39, 0.29) is 0 Å². The fraction of sp³-hybridized carbons (Fsp3) is 0.282. The number of hydrogen-bond acceptors (Lipinski definition) is 9. The predicted octanol–water partition coefficient (Wildman–Crippen LogP) is 5.13. The molecule has 11 nitrogen and oxygen atoms in total. The number of piperazine rings is 2. The topological polar surface area (TPSA) is 78.5 Å². The first-order chi connectivity index (χ1) is 25.5. The molecular formula is C39H42N10OS2. The molecule has 8 rings (SSSR count). The van der Waals surface area contributed by atoms with Crippen molar-refractivity contribution in [1.82, 2.24) is 30.0 Å². The van der Waals surface area contributed by atoms with E-state index >= 15 is 0 Å². The Bertz CT molecular complexity index is 1990. The number of anilines is 4. The van der Waals surface area contributed by atoms with E-state index in [9.17, 15) is 0 Å². The van der Waals surface area contributed by atoms with Crippen LogP contribution in [0.3, 0.4) is 0 Å². The van der Waals surface area contributed by atoms with Gasteiger partial charge in [-0.25, -0.2) is 10.0 Å². The van der Waals surface area contributed by atoms with Crippen LogP contribution < -0.4 is 30.3 Å². The molecule has 0 amide bonds. The van der Waals surface area contributed by atoms with Gasteiger partial charge in [0.05, 0.1) is 18.4 Å². The van der Waals surface area contributed by atoms with E-state index in [1.165, 1.54) is 16.8 Å². The smallest absolute Gasteiger partial charge is 0.175 e. The van der Waals surface area contributed by atoms with Crippen LogP contribution >= 0.6 is 24.4 Å². The standard InChI is InChI=1S/C39H42N10OS2/c1-44(27-29-24-42-35-11-4-2-9-33(29)35)39(52)48-21-15-45(16-22-48)31-7-6-8-32(23-31)50-49-28-30(34-10-3-5-12-36(34)49)25-43-38(51)47-19-17-46(18-20-47)37-26-40-13-14-41-37/h2-14,23,25-27,42H,15-22,24,28H2,1H3,(H,43,51)/b29-27-,30-25-. The van der Waals surface area contributed by atoms with Gasteiger partial charge in [0.1, 0.15) is 5.82 Å². The summed E-state index contributed by atoms with van der Waals surface area (Å²) in [6, 6.07) is 25.1. The van der Waals surface area contributed by atoms with Crippen LogP contribution in [-0.4, -0.2) is 107 Å². The first-order valence-electron chi connectivity index (χ1n) is 17.7. The number of benzene rings is 3. The molecule has 2 saturated heterocycles. The van der Waals surface area contributed by atoms with Crippen molar-refractivity contribution in [1.29, 1.82) is 0 Å². The first kappa shape index (κ1) is 33.7. The van der Waals surface area contributed by atoms with Gasteiger partial charge < -0.3 is 40.0 Å². The van der Waals surface area contributed by atoms with Crippen molar-refractivity contribution in [3.05, 3.63) is 115 Å². The number of para-hydroxylation sites is 2. The molecule has 1 aromatic heterocycles. The molecule has 0 radical (unpaired) electrons. The second kappa shape index (κ2) is 15.1. The van der Waals surface area contributed by atoms with Gasteiger partial charge in [-0.1, -0.05) is 42.5 Å². The highest BCUT2D eigenvalue weighted by molar-refractivity contribution is 7.80. The number of hydrogen-bond donors (Lipinski definition) is 2. The van der Waals surface area contributed by atoms with E-state index in [0.29, 0.717) is 6.54 Å². The van der Waals surface area contributed by atoms with Crippen molar-refractivity contribution in [2.45, 2.75) is 0 Å². The molecule has 13 heteroatoms. The van der Waals surface area contributed by atoms with Gasteiger partial charge in [-0.3, -0.25) is 4.98 Å². The molecule has 4 aromatic rings. The zero-order chi connectivity index (χ0) is 35.4. The highest BCUT2D eigenvalue weighted by atomic mass is 32.1.